The number of nitrogens with one attached hydrogen (secondary N) is 1. The van der Waals surface area contributed by atoms with Gasteiger partial charge in [-0.15, -0.1) is 0 Å². The molecular weight excluding hydrogens is 336 g/mol. The zero-order chi connectivity index (χ0) is 18.5. The molecule has 4 nitrogen and oxygen atoms in total. The first-order chi connectivity index (χ1) is 13.3. The summed E-state index contributed by atoms with van der Waals surface area (Å²) in [6, 6.07) is 22.3. The summed E-state index contributed by atoms with van der Waals surface area (Å²) in [6.07, 6.45) is 2.74. The number of furan rings is 1. The fourth-order valence-corrected chi connectivity index (χ4v) is 3.20. The molecular formula is C23H22N2O2. The Hall–Kier alpha value is -3.11. The van der Waals surface area contributed by atoms with E-state index in [4.69, 9.17) is 9.15 Å². The minimum Gasteiger partial charge on any atom is -0.493 e. The highest BCUT2D eigenvalue weighted by Gasteiger charge is 2.14. The van der Waals surface area contributed by atoms with Crippen LogP contribution in [0.4, 0.5) is 0 Å². The van der Waals surface area contributed by atoms with Crippen molar-refractivity contribution in [2.45, 2.75) is 13.0 Å². The molecule has 136 valence electrons. The van der Waals surface area contributed by atoms with Crippen molar-refractivity contribution in [2.24, 2.45) is 0 Å². The molecule has 0 aliphatic rings. The van der Waals surface area contributed by atoms with Crippen LogP contribution in [-0.2, 0) is 13.0 Å². The molecule has 2 heterocycles. The van der Waals surface area contributed by atoms with Crippen LogP contribution in [0.15, 0.2) is 77.3 Å². The van der Waals surface area contributed by atoms with Gasteiger partial charge < -0.3 is 14.5 Å². The lowest BCUT2D eigenvalue weighted by Gasteiger charge is -2.08. The van der Waals surface area contributed by atoms with Crippen molar-refractivity contribution in [3.8, 4) is 17.1 Å². The van der Waals surface area contributed by atoms with Gasteiger partial charge in [0.05, 0.1) is 7.11 Å². The average Bonchev–Trinajstić information content (AvgIpc) is 3.18. The third kappa shape index (κ3) is 3.86. The normalized spacial score (nSPS) is 11.0. The van der Waals surface area contributed by atoms with Gasteiger partial charge in [0.1, 0.15) is 5.76 Å². The van der Waals surface area contributed by atoms with Crippen LogP contribution in [0, 0.1) is 0 Å². The molecule has 0 aliphatic carbocycles. The first-order valence-electron chi connectivity index (χ1n) is 9.10. The van der Waals surface area contributed by atoms with Crippen LogP contribution in [0.25, 0.3) is 22.3 Å². The zero-order valence-electron chi connectivity index (χ0n) is 15.3. The summed E-state index contributed by atoms with van der Waals surface area (Å²) in [5, 5.41) is 4.59. The summed E-state index contributed by atoms with van der Waals surface area (Å²) in [6.45, 7) is 1.63. The number of benzene rings is 2. The van der Waals surface area contributed by atoms with E-state index in [9.17, 15) is 0 Å². The van der Waals surface area contributed by atoms with Gasteiger partial charge in [0, 0.05) is 42.4 Å². The Morgan fingerprint density at radius 1 is 1.00 bits per heavy atom. The van der Waals surface area contributed by atoms with E-state index in [-0.39, 0.29) is 0 Å². The van der Waals surface area contributed by atoms with Crippen LogP contribution in [-0.4, -0.2) is 18.6 Å². The second-order valence-electron chi connectivity index (χ2n) is 6.39. The van der Waals surface area contributed by atoms with E-state index in [1.54, 1.807) is 7.11 Å². The molecule has 4 heteroatoms. The first-order valence-corrected chi connectivity index (χ1v) is 9.10. The van der Waals surface area contributed by atoms with E-state index in [1.807, 2.05) is 42.6 Å². The van der Waals surface area contributed by atoms with Crippen molar-refractivity contribution in [3.05, 3.63) is 84.2 Å². The molecule has 0 saturated carbocycles. The SMILES string of the molecule is COc1ccc(CNCCc2ccccn2)c2cc(-c3ccccc3)oc12. The molecule has 4 rings (SSSR count). The molecule has 0 spiro atoms. The van der Waals surface area contributed by atoms with E-state index < -0.39 is 0 Å². The number of aromatic nitrogens is 1. The molecule has 2 aromatic carbocycles. The van der Waals surface area contributed by atoms with Crippen molar-refractivity contribution < 1.29 is 9.15 Å². The number of nitrogens with zero attached hydrogens (tertiary/aromatic N) is 1. The Kier molecular flexibility index (Phi) is 5.17. The Bertz CT molecular complexity index is 1010. The molecule has 0 saturated heterocycles. The second kappa shape index (κ2) is 8.06. The highest BCUT2D eigenvalue weighted by molar-refractivity contribution is 5.90. The van der Waals surface area contributed by atoms with E-state index in [1.165, 1.54) is 5.56 Å². The van der Waals surface area contributed by atoms with E-state index in [0.717, 1.165) is 53.2 Å². The Balaban J connectivity index is 1.54. The molecule has 0 aliphatic heterocycles. The molecule has 2 aromatic heterocycles. The topological polar surface area (TPSA) is 47.3 Å². The summed E-state index contributed by atoms with van der Waals surface area (Å²) < 4.78 is 11.6. The predicted octanol–water partition coefficient (Wildman–Crippen LogP) is 4.84. The molecule has 27 heavy (non-hydrogen) atoms. The van der Waals surface area contributed by atoms with Gasteiger partial charge >= 0.3 is 0 Å². The molecule has 0 bridgehead atoms. The van der Waals surface area contributed by atoms with Crippen LogP contribution in [0.1, 0.15) is 11.3 Å². The van der Waals surface area contributed by atoms with E-state index >= 15 is 0 Å². The first kappa shape index (κ1) is 17.3. The highest BCUT2D eigenvalue weighted by atomic mass is 16.5. The third-order valence-electron chi connectivity index (χ3n) is 4.62. The summed E-state index contributed by atoms with van der Waals surface area (Å²) in [5.74, 6) is 1.61. The Labute approximate surface area is 158 Å². The predicted molar refractivity (Wildman–Crippen MR) is 108 cm³/mol. The van der Waals surface area contributed by atoms with Crippen molar-refractivity contribution in [1.29, 1.82) is 0 Å². The minimum absolute atomic E-state index is 0.754. The van der Waals surface area contributed by atoms with E-state index in [2.05, 4.69) is 40.6 Å². The molecule has 1 N–H and O–H groups in total. The molecule has 0 amide bonds. The van der Waals surface area contributed by atoms with Gasteiger partial charge in [0.15, 0.2) is 11.3 Å². The van der Waals surface area contributed by atoms with Gasteiger partial charge in [-0.25, -0.2) is 0 Å². The molecule has 0 atom stereocenters. The number of pyridine rings is 1. The summed E-state index contributed by atoms with van der Waals surface area (Å²) in [4.78, 5) is 4.36. The number of hydrogen-bond donors (Lipinski definition) is 1. The largest absolute Gasteiger partial charge is 0.493 e. The van der Waals surface area contributed by atoms with Gasteiger partial charge in [-0.05, 0) is 29.8 Å². The van der Waals surface area contributed by atoms with Crippen LogP contribution in [0.5, 0.6) is 5.75 Å². The molecule has 0 unspecified atom stereocenters. The summed E-state index contributed by atoms with van der Waals surface area (Å²) in [5.41, 5.74) is 4.14. The summed E-state index contributed by atoms with van der Waals surface area (Å²) >= 11 is 0. The lowest BCUT2D eigenvalue weighted by molar-refractivity contribution is 0.411. The van der Waals surface area contributed by atoms with Gasteiger partial charge in [-0.2, -0.15) is 0 Å². The maximum Gasteiger partial charge on any atom is 0.176 e. The van der Waals surface area contributed by atoms with Crippen molar-refractivity contribution in [3.63, 3.8) is 0 Å². The maximum absolute atomic E-state index is 6.13. The van der Waals surface area contributed by atoms with E-state index in [0.29, 0.717) is 0 Å². The number of fused-ring (bicyclic) bond motifs is 1. The Morgan fingerprint density at radius 3 is 2.63 bits per heavy atom. The fraction of sp³-hybridized carbons (Fsp3) is 0.174. The maximum atomic E-state index is 6.13. The lowest BCUT2D eigenvalue weighted by Crippen LogP contribution is -2.17. The van der Waals surface area contributed by atoms with Crippen molar-refractivity contribution in [2.75, 3.05) is 13.7 Å². The minimum atomic E-state index is 0.754. The van der Waals surface area contributed by atoms with Gasteiger partial charge in [0.25, 0.3) is 0 Å². The van der Waals surface area contributed by atoms with Crippen LogP contribution < -0.4 is 10.1 Å². The van der Waals surface area contributed by atoms with Crippen LogP contribution >= 0.6 is 0 Å². The highest BCUT2D eigenvalue weighted by Crippen LogP contribution is 2.35. The Morgan fingerprint density at radius 2 is 1.85 bits per heavy atom. The summed E-state index contributed by atoms with van der Waals surface area (Å²) in [7, 11) is 1.67. The molecule has 0 fully saturated rings. The fourth-order valence-electron chi connectivity index (χ4n) is 3.20. The van der Waals surface area contributed by atoms with Crippen molar-refractivity contribution >= 4 is 11.0 Å². The number of ether oxygens (including phenoxy) is 1. The van der Waals surface area contributed by atoms with Gasteiger partial charge in [0.2, 0.25) is 0 Å². The molecule has 0 radical (unpaired) electrons. The van der Waals surface area contributed by atoms with Crippen LogP contribution in [0.3, 0.4) is 0 Å². The van der Waals surface area contributed by atoms with Crippen molar-refractivity contribution in [1.82, 2.24) is 10.3 Å². The number of rotatable bonds is 7. The van der Waals surface area contributed by atoms with Crippen LogP contribution in [0.2, 0.25) is 0 Å². The number of methoxy groups -OCH3 is 1. The average molecular weight is 358 g/mol. The second-order valence-corrected chi connectivity index (χ2v) is 6.39. The standard InChI is InChI=1S/C23H22N2O2/c1-26-21-11-10-18(16-24-14-12-19-9-5-6-13-25-19)20-15-22(27-23(20)21)17-7-3-2-4-8-17/h2-11,13,15,24H,12,14,16H2,1H3. The third-order valence-corrected chi connectivity index (χ3v) is 4.62. The smallest absolute Gasteiger partial charge is 0.176 e. The lowest BCUT2D eigenvalue weighted by atomic mass is 10.1. The van der Waals surface area contributed by atoms with Gasteiger partial charge in [-0.3, -0.25) is 4.98 Å². The number of hydrogen-bond acceptors (Lipinski definition) is 4. The monoisotopic (exact) mass is 358 g/mol. The zero-order valence-corrected chi connectivity index (χ0v) is 15.3. The molecule has 4 aromatic rings. The van der Waals surface area contributed by atoms with Gasteiger partial charge in [-0.1, -0.05) is 42.5 Å². The quantitative estimate of drug-likeness (QED) is 0.481.